The Labute approximate surface area is 54.1 Å². The molecule has 0 amide bonds. The number of hydrogen-bond acceptors (Lipinski definition) is 0. The molecule has 9 heavy (non-hydrogen) atoms. The van der Waals surface area contributed by atoms with Crippen LogP contribution in [0.25, 0.3) is 0 Å². The van der Waals surface area contributed by atoms with Gasteiger partial charge in [0.1, 0.15) is 11.6 Å². The van der Waals surface area contributed by atoms with Crippen LogP contribution >= 0.6 is 9.24 Å². The first-order valence-electron chi connectivity index (χ1n) is 2.40. The molecule has 0 spiro atoms. The minimum Gasteiger partial charge on any atom is -0.207 e. The van der Waals surface area contributed by atoms with Crippen molar-refractivity contribution in [2.24, 2.45) is 0 Å². The van der Waals surface area contributed by atoms with Crippen LogP contribution in [0.3, 0.4) is 0 Å². The van der Waals surface area contributed by atoms with E-state index in [1.807, 2.05) is 0 Å². The van der Waals surface area contributed by atoms with Gasteiger partial charge in [0.05, 0.1) is 0 Å². The third kappa shape index (κ3) is 1.72. The predicted molar refractivity (Wildman–Crippen MR) is 35.7 cm³/mol. The van der Waals surface area contributed by atoms with Crippen LogP contribution in [0.2, 0.25) is 0 Å². The second kappa shape index (κ2) is 2.40. The summed E-state index contributed by atoms with van der Waals surface area (Å²) in [5, 5.41) is 0.521. The van der Waals surface area contributed by atoms with E-state index in [0.29, 0.717) is 5.30 Å². The average Bonchev–Trinajstić information content (AvgIpc) is 1.59. The maximum Gasteiger partial charge on any atom is 0.126 e. The Balaban J connectivity index is 3.17. The van der Waals surface area contributed by atoms with E-state index >= 15 is 0 Å². The van der Waals surface area contributed by atoms with Crippen LogP contribution < -0.4 is 5.30 Å². The topological polar surface area (TPSA) is 0 Å². The number of benzene rings is 1. The summed E-state index contributed by atoms with van der Waals surface area (Å²) in [6.45, 7) is 0. The van der Waals surface area contributed by atoms with Crippen molar-refractivity contribution in [3.8, 4) is 0 Å². The lowest BCUT2D eigenvalue weighted by Crippen LogP contribution is -1.92. The SMILES string of the molecule is Fc1cc(F)cc(P)c1. The molecule has 0 aromatic heterocycles. The summed E-state index contributed by atoms with van der Waals surface area (Å²) < 4.78 is 24.4. The highest BCUT2D eigenvalue weighted by Gasteiger charge is 1.94. The standard InChI is InChI=1S/C6H5F2P/c7-4-1-5(8)3-6(9)2-4/h1-3H,9H2. The van der Waals surface area contributed by atoms with E-state index in [-0.39, 0.29) is 0 Å². The van der Waals surface area contributed by atoms with Gasteiger partial charge in [0.15, 0.2) is 0 Å². The summed E-state index contributed by atoms with van der Waals surface area (Å²) in [5.74, 6) is -1.08. The van der Waals surface area contributed by atoms with E-state index in [9.17, 15) is 8.78 Å². The highest BCUT2D eigenvalue weighted by Crippen LogP contribution is 2.00. The first-order chi connectivity index (χ1) is 4.18. The fraction of sp³-hybridized carbons (Fsp3) is 0. The van der Waals surface area contributed by atoms with Gasteiger partial charge in [-0.25, -0.2) is 8.78 Å². The third-order valence-corrected chi connectivity index (χ3v) is 1.22. The van der Waals surface area contributed by atoms with Crippen molar-refractivity contribution in [3.63, 3.8) is 0 Å². The van der Waals surface area contributed by atoms with Gasteiger partial charge in [-0.05, 0) is 17.4 Å². The fourth-order valence-corrected chi connectivity index (χ4v) is 0.894. The molecule has 0 aliphatic heterocycles. The molecular formula is C6H5F2P. The molecule has 1 atom stereocenters. The lowest BCUT2D eigenvalue weighted by molar-refractivity contribution is 0.585. The van der Waals surface area contributed by atoms with Crippen molar-refractivity contribution >= 4 is 14.5 Å². The van der Waals surface area contributed by atoms with Crippen LogP contribution in [-0.4, -0.2) is 0 Å². The number of halogens is 2. The van der Waals surface area contributed by atoms with Crippen molar-refractivity contribution in [2.45, 2.75) is 0 Å². The Morgan fingerprint density at radius 1 is 1.00 bits per heavy atom. The summed E-state index contributed by atoms with van der Waals surface area (Å²) >= 11 is 0. The van der Waals surface area contributed by atoms with E-state index in [4.69, 9.17) is 0 Å². The van der Waals surface area contributed by atoms with Crippen LogP contribution in [0.4, 0.5) is 8.78 Å². The van der Waals surface area contributed by atoms with Crippen LogP contribution in [-0.2, 0) is 0 Å². The highest BCUT2D eigenvalue weighted by molar-refractivity contribution is 7.27. The van der Waals surface area contributed by atoms with Gasteiger partial charge in [-0.3, -0.25) is 0 Å². The summed E-state index contributed by atoms with van der Waals surface area (Å²) in [5.41, 5.74) is 0. The average molecular weight is 146 g/mol. The monoisotopic (exact) mass is 146 g/mol. The van der Waals surface area contributed by atoms with Crippen molar-refractivity contribution in [1.29, 1.82) is 0 Å². The molecule has 0 heterocycles. The van der Waals surface area contributed by atoms with Crippen LogP contribution in [0.1, 0.15) is 0 Å². The maximum absolute atomic E-state index is 12.2. The molecule has 0 aliphatic rings. The quantitative estimate of drug-likeness (QED) is 0.486. The van der Waals surface area contributed by atoms with E-state index in [0.717, 1.165) is 6.07 Å². The second-order valence-corrected chi connectivity index (χ2v) is 2.37. The van der Waals surface area contributed by atoms with Gasteiger partial charge >= 0.3 is 0 Å². The lowest BCUT2D eigenvalue weighted by atomic mass is 10.3. The molecule has 0 nitrogen and oxygen atoms in total. The molecule has 0 aliphatic carbocycles. The minimum atomic E-state index is -0.542. The van der Waals surface area contributed by atoms with Gasteiger partial charge in [-0.15, -0.1) is 9.24 Å². The highest BCUT2D eigenvalue weighted by atomic mass is 31.0. The number of hydrogen-bond donors (Lipinski definition) is 0. The zero-order chi connectivity index (χ0) is 6.85. The Kier molecular flexibility index (Phi) is 1.77. The summed E-state index contributed by atoms with van der Waals surface area (Å²) in [6.07, 6.45) is 0. The Hall–Kier alpha value is -0.490. The zero-order valence-corrected chi connectivity index (χ0v) is 5.72. The largest absolute Gasteiger partial charge is 0.207 e. The van der Waals surface area contributed by atoms with Crippen molar-refractivity contribution in [3.05, 3.63) is 29.8 Å². The van der Waals surface area contributed by atoms with E-state index in [1.165, 1.54) is 12.1 Å². The van der Waals surface area contributed by atoms with Gasteiger partial charge < -0.3 is 0 Å². The van der Waals surface area contributed by atoms with E-state index in [1.54, 1.807) is 0 Å². The molecule has 0 radical (unpaired) electrons. The van der Waals surface area contributed by atoms with Gasteiger partial charge in [0, 0.05) is 6.07 Å². The summed E-state index contributed by atoms with van der Waals surface area (Å²) in [6, 6.07) is 3.33. The Morgan fingerprint density at radius 3 is 1.78 bits per heavy atom. The number of rotatable bonds is 0. The minimum absolute atomic E-state index is 0.521. The Bertz CT molecular complexity index is 172. The molecule has 0 fully saturated rings. The molecule has 48 valence electrons. The van der Waals surface area contributed by atoms with E-state index in [2.05, 4.69) is 9.24 Å². The van der Waals surface area contributed by atoms with Crippen molar-refractivity contribution in [1.82, 2.24) is 0 Å². The molecule has 0 saturated carbocycles. The first-order valence-corrected chi connectivity index (χ1v) is 2.98. The van der Waals surface area contributed by atoms with Gasteiger partial charge in [-0.2, -0.15) is 0 Å². The lowest BCUT2D eigenvalue weighted by Gasteiger charge is -1.91. The molecule has 1 rings (SSSR count). The van der Waals surface area contributed by atoms with Crippen molar-refractivity contribution < 1.29 is 8.78 Å². The van der Waals surface area contributed by atoms with Gasteiger partial charge in [-0.1, -0.05) is 0 Å². The van der Waals surface area contributed by atoms with E-state index < -0.39 is 11.6 Å². The molecule has 0 bridgehead atoms. The molecule has 1 aromatic rings. The smallest absolute Gasteiger partial charge is 0.126 e. The Morgan fingerprint density at radius 2 is 1.44 bits per heavy atom. The van der Waals surface area contributed by atoms with Crippen LogP contribution in [0.15, 0.2) is 18.2 Å². The molecule has 3 heteroatoms. The zero-order valence-electron chi connectivity index (χ0n) is 4.57. The maximum atomic E-state index is 12.2. The van der Waals surface area contributed by atoms with Crippen LogP contribution in [0, 0.1) is 11.6 Å². The normalized spacial score (nSPS) is 9.67. The summed E-state index contributed by atoms with van der Waals surface area (Å²) in [7, 11) is 2.22. The van der Waals surface area contributed by atoms with Crippen LogP contribution in [0.5, 0.6) is 0 Å². The first kappa shape index (κ1) is 6.63. The molecule has 1 unspecified atom stereocenters. The predicted octanol–water partition coefficient (Wildman–Crippen LogP) is 1.47. The molecule has 1 aromatic carbocycles. The third-order valence-electron chi connectivity index (χ3n) is 0.885. The fourth-order valence-electron chi connectivity index (χ4n) is 0.575. The second-order valence-electron chi connectivity index (χ2n) is 1.70. The van der Waals surface area contributed by atoms with Gasteiger partial charge in [0.2, 0.25) is 0 Å². The molecule has 0 N–H and O–H groups in total. The molecule has 0 saturated heterocycles. The molecular weight excluding hydrogens is 141 g/mol. The summed E-state index contributed by atoms with van der Waals surface area (Å²) in [4.78, 5) is 0. The van der Waals surface area contributed by atoms with Gasteiger partial charge in [0.25, 0.3) is 0 Å². The van der Waals surface area contributed by atoms with Crippen molar-refractivity contribution in [2.75, 3.05) is 0 Å².